The molecule has 0 aromatic rings. The summed E-state index contributed by atoms with van der Waals surface area (Å²) in [6.45, 7) is 1.74. The molecule has 1 amide bonds. The molecule has 1 N–H and O–H groups in total. The molecule has 5 heteroatoms. The Morgan fingerprint density at radius 1 is 1.38 bits per heavy atom. The third-order valence-corrected chi connectivity index (χ3v) is 3.48. The monoisotopic (exact) mass is 227 g/mol. The fourth-order valence-corrected chi connectivity index (χ4v) is 2.64. The van der Waals surface area contributed by atoms with Crippen molar-refractivity contribution in [1.29, 1.82) is 0 Å². The van der Waals surface area contributed by atoms with E-state index in [4.69, 9.17) is 4.74 Å². The molecule has 1 aliphatic carbocycles. The summed E-state index contributed by atoms with van der Waals surface area (Å²) in [6.07, 6.45) is 3.68. The van der Waals surface area contributed by atoms with Gasteiger partial charge in [-0.15, -0.1) is 0 Å². The summed E-state index contributed by atoms with van der Waals surface area (Å²) < 4.78 is 4.83. The molecule has 16 heavy (non-hydrogen) atoms. The van der Waals surface area contributed by atoms with E-state index in [0.29, 0.717) is 0 Å². The Kier molecular flexibility index (Phi) is 3.03. The number of hydrogen-bond acceptors (Lipinski definition) is 3. The summed E-state index contributed by atoms with van der Waals surface area (Å²) in [5.74, 6) is -0.402. The quantitative estimate of drug-likeness (QED) is 0.728. The largest absolute Gasteiger partial charge is 0.465 e. The number of carbonyl (C=O) groups excluding carboxylic acids is 1. The Labute approximate surface area is 94.4 Å². The van der Waals surface area contributed by atoms with Gasteiger partial charge in [-0.25, -0.2) is 9.59 Å². The van der Waals surface area contributed by atoms with Crippen molar-refractivity contribution in [3.8, 4) is 0 Å². The second-order valence-corrected chi connectivity index (χ2v) is 4.57. The van der Waals surface area contributed by atoms with Crippen LogP contribution >= 0.6 is 0 Å². The van der Waals surface area contributed by atoms with Gasteiger partial charge in [-0.05, 0) is 19.8 Å². The van der Waals surface area contributed by atoms with E-state index in [9.17, 15) is 14.7 Å². The van der Waals surface area contributed by atoms with Crippen LogP contribution in [0.2, 0.25) is 0 Å². The number of hydrogen-bond donors (Lipinski definition) is 1. The van der Waals surface area contributed by atoms with E-state index in [1.54, 1.807) is 6.92 Å². The van der Waals surface area contributed by atoms with Gasteiger partial charge >= 0.3 is 12.1 Å². The van der Waals surface area contributed by atoms with E-state index in [0.717, 1.165) is 32.1 Å². The van der Waals surface area contributed by atoms with Crippen LogP contribution in [0.1, 0.15) is 39.0 Å². The summed E-state index contributed by atoms with van der Waals surface area (Å²) in [6, 6.07) is -0.591. The normalized spacial score (nSPS) is 30.4. The predicted octanol–water partition coefficient (Wildman–Crippen LogP) is 1.61. The van der Waals surface area contributed by atoms with Gasteiger partial charge in [0.2, 0.25) is 0 Å². The van der Waals surface area contributed by atoms with Crippen molar-refractivity contribution >= 4 is 12.1 Å². The first-order valence-electron chi connectivity index (χ1n) is 5.83. The zero-order valence-electron chi connectivity index (χ0n) is 9.39. The maximum absolute atomic E-state index is 11.3. The Morgan fingerprint density at radius 2 is 2.00 bits per heavy atom. The lowest BCUT2D eigenvalue weighted by atomic mass is 9.92. The number of carbonyl (C=O) groups is 2. The van der Waals surface area contributed by atoms with Crippen LogP contribution in [0, 0.1) is 0 Å². The summed E-state index contributed by atoms with van der Waals surface area (Å²) in [4.78, 5) is 23.9. The molecule has 0 aromatic heterocycles. The van der Waals surface area contributed by atoms with Crippen molar-refractivity contribution < 1.29 is 19.4 Å². The van der Waals surface area contributed by atoms with E-state index in [1.807, 2.05) is 0 Å². The van der Waals surface area contributed by atoms with Crippen molar-refractivity contribution in [2.24, 2.45) is 0 Å². The number of amides is 1. The van der Waals surface area contributed by atoms with Crippen LogP contribution in [0.4, 0.5) is 4.79 Å². The lowest BCUT2D eigenvalue weighted by molar-refractivity contribution is -0.185. The highest BCUT2D eigenvalue weighted by atomic mass is 16.6. The topological polar surface area (TPSA) is 66.8 Å². The zero-order valence-corrected chi connectivity index (χ0v) is 9.39. The first-order chi connectivity index (χ1) is 7.61. The predicted molar refractivity (Wildman–Crippen MR) is 56.1 cm³/mol. The maximum Gasteiger partial charge on any atom is 0.408 e. The highest BCUT2D eigenvalue weighted by Crippen LogP contribution is 2.29. The van der Waals surface area contributed by atoms with E-state index in [1.165, 1.54) is 4.90 Å². The molecule has 0 aromatic carbocycles. The molecule has 0 bridgehead atoms. The van der Waals surface area contributed by atoms with Gasteiger partial charge in [0, 0.05) is 6.04 Å². The lowest BCUT2D eigenvalue weighted by Crippen LogP contribution is -2.63. The summed E-state index contributed by atoms with van der Waals surface area (Å²) in [5, 5.41) is 9.21. The Balaban J connectivity index is 2.09. The van der Waals surface area contributed by atoms with Gasteiger partial charge in [0.25, 0.3) is 0 Å². The molecule has 2 rings (SSSR count). The first kappa shape index (κ1) is 11.2. The molecule has 5 nitrogen and oxygen atoms in total. The third-order valence-electron chi connectivity index (χ3n) is 3.48. The van der Waals surface area contributed by atoms with Crippen LogP contribution in [0.3, 0.4) is 0 Å². The molecule has 2 unspecified atom stereocenters. The molecule has 90 valence electrons. The van der Waals surface area contributed by atoms with Gasteiger partial charge in [0.15, 0.2) is 6.04 Å². The molecule has 2 aliphatic rings. The molecular weight excluding hydrogens is 210 g/mol. The highest BCUT2D eigenvalue weighted by Gasteiger charge is 2.48. The van der Waals surface area contributed by atoms with Crippen LogP contribution in [0.5, 0.6) is 0 Å². The summed E-state index contributed by atoms with van der Waals surface area (Å²) in [7, 11) is 0. The Morgan fingerprint density at radius 3 is 2.44 bits per heavy atom. The van der Waals surface area contributed by atoms with E-state index in [-0.39, 0.29) is 12.1 Å². The molecule has 0 spiro atoms. The number of esters is 1. The van der Waals surface area contributed by atoms with Crippen LogP contribution < -0.4 is 0 Å². The summed E-state index contributed by atoms with van der Waals surface area (Å²) in [5.41, 5.74) is 0. The standard InChI is InChI=1S/C11H17NO4/c1-7-9(10(13)16-7)12(11(14)15)8-5-3-2-4-6-8/h7-9H,2-6H2,1H3,(H,14,15). The second-order valence-electron chi connectivity index (χ2n) is 4.57. The number of rotatable bonds is 2. The van der Waals surface area contributed by atoms with Gasteiger partial charge in [-0.2, -0.15) is 0 Å². The van der Waals surface area contributed by atoms with Crippen molar-refractivity contribution in [2.45, 2.75) is 57.2 Å². The minimum atomic E-state index is -1.000. The molecule has 1 saturated carbocycles. The van der Waals surface area contributed by atoms with Crippen LogP contribution in [-0.2, 0) is 9.53 Å². The number of carboxylic acid groups (broad SMARTS) is 1. The van der Waals surface area contributed by atoms with Gasteiger partial charge in [0.1, 0.15) is 6.10 Å². The Hall–Kier alpha value is -1.26. The fraction of sp³-hybridized carbons (Fsp3) is 0.818. The molecule has 0 radical (unpaired) electrons. The van der Waals surface area contributed by atoms with E-state index >= 15 is 0 Å². The van der Waals surface area contributed by atoms with Gasteiger partial charge in [-0.1, -0.05) is 19.3 Å². The van der Waals surface area contributed by atoms with Crippen molar-refractivity contribution in [3.05, 3.63) is 0 Å². The van der Waals surface area contributed by atoms with Gasteiger partial charge < -0.3 is 9.84 Å². The van der Waals surface area contributed by atoms with Crippen molar-refractivity contribution in [2.75, 3.05) is 0 Å². The minimum Gasteiger partial charge on any atom is -0.465 e. The Bertz CT molecular complexity index is 298. The lowest BCUT2D eigenvalue weighted by Gasteiger charge is -2.43. The van der Waals surface area contributed by atoms with Crippen LogP contribution in [0.25, 0.3) is 0 Å². The van der Waals surface area contributed by atoms with E-state index < -0.39 is 18.1 Å². The SMILES string of the molecule is CC1OC(=O)C1N(C(=O)O)C1CCCCC1. The first-order valence-corrected chi connectivity index (χ1v) is 5.83. The zero-order chi connectivity index (χ0) is 11.7. The van der Waals surface area contributed by atoms with Crippen molar-refractivity contribution in [3.63, 3.8) is 0 Å². The molecule has 2 fully saturated rings. The average Bonchev–Trinajstić information content (AvgIpc) is 2.26. The maximum atomic E-state index is 11.3. The number of ether oxygens (including phenoxy) is 1. The summed E-state index contributed by atoms with van der Waals surface area (Å²) >= 11 is 0. The molecular formula is C11H17NO4. The van der Waals surface area contributed by atoms with Crippen LogP contribution in [0.15, 0.2) is 0 Å². The van der Waals surface area contributed by atoms with Gasteiger partial charge in [0.05, 0.1) is 0 Å². The minimum absolute atomic E-state index is 0.00782. The van der Waals surface area contributed by atoms with E-state index in [2.05, 4.69) is 0 Å². The smallest absolute Gasteiger partial charge is 0.408 e. The second kappa shape index (κ2) is 4.31. The van der Waals surface area contributed by atoms with Crippen LogP contribution in [-0.4, -0.2) is 40.3 Å². The molecule has 2 atom stereocenters. The number of cyclic esters (lactones) is 1. The average molecular weight is 227 g/mol. The number of nitrogens with zero attached hydrogens (tertiary/aromatic N) is 1. The fourth-order valence-electron chi connectivity index (χ4n) is 2.64. The molecule has 1 heterocycles. The van der Waals surface area contributed by atoms with Crippen molar-refractivity contribution in [1.82, 2.24) is 4.90 Å². The van der Waals surface area contributed by atoms with Gasteiger partial charge in [-0.3, -0.25) is 4.90 Å². The molecule has 1 saturated heterocycles. The highest BCUT2D eigenvalue weighted by molar-refractivity contribution is 5.86. The molecule has 1 aliphatic heterocycles. The third kappa shape index (κ3) is 1.86.